The third-order valence-corrected chi connectivity index (χ3v) is 3.36. The van der Waals surface area contributed by atoms with Crippen molar-refractivity contribution in [2.75, 3.05) is 26.2 Å². The monoisotopic (exact) mass is 256 g/mol. The SMILES string of the molecule is CC(CN)CC(=O)N1CCCC(CNC(N)=O)C1. The number of hydrogen-bond donors (Lipinski definition) is 3. The van der Waals surface area contributed by atoms with Gasteiger partial charge in [0.05, 0.1) is 0 Å². The summed E-state index contributed by atoms with van der Waals surface area (Å²) in [4.78, 5) is 24.5. The second kappa shape index (κ2) is 7.20. The molecule has 1 heterocycles. The Balaban J connectivity index is 2.38. The van der Waals surface area contributed by atoms with Gasteiger partial charge in [0.2, 0.25) is 5.91 Å². The van der Waals surface area contributed by atoms with Crippen LogP contribution in [0, 0.1) is 11.8 Å². The number of nitrogens with zero attached hydrogens (tertiary/aromatic N) is 1. The molecular formula is C12H24N4O2. The number of likely N-dealkylation sites (tertiary alicyclic amines) is 1. The van der Waals surface area contributed by atoms with E-state index in [1.165, 1.54) is 0 Å². The Morgan fingerprint density at radius 1 is 1.50 bits per heavy atom. The smallest absolute Gasteiger partial charge is 0.312 e. The van der Waals surface area contributed by atoms with Crippen LogP contribution in [0.15, 0.2) is 0 Å². The Labute approximate surface area is 108 Å². The molecule has 1 fully saturated rings. The largest absolute Gasteiger partial charge is 0.352 e. The summed E-state index contributed by atoms with van der Waals surface area (Å²) in [5.41, 5.74) is 10.6. The number of nitrogens with two attached hydrogens (primary N) is 2. The first-order valence-electron chi connectivity index (χ1n) is 6.54. The minimum absolute atomic E-state index is 0.164. The van der Waals surface area contributed by atoms with Gasteiger partial charge in [-0.25, -0.2) is 4.79 Å². The lowest BCUT2D eigenvalue weighted by Crippen LogP contribution is -2.45. The maximum Gasteiger partial charge on any atom is 0.312 e. The number of piperidine rings is 1. The van der Waals surface area contributed by atoms with Gasteiger partial charge in [-0.15, -0.1) is 0 Å². The molecule has 1 aliphatic rings. The summed E-state index contributed by atoms with van der Waals surface area (Å²) in [5, 5.41) is 2.61. The van der Waals surface area contributed by atoms with Crippen molar-refractivity contribution in [2.24, 2.45) is 23.3 Å². The van der Waals surface area contributed by atoms with Crippen LogP contribution in [0.3, 0.4) is 0 Å². The molecule has 0 aromatic rings. The predicted octanol–water partition coefficient (Wildman–Crippen LogP) is -0.122. The number of carbonyl (C=O) groups is 2. The van der Waals surface area contributed by atoms with Gasteiger partial charge in [-0.2, -0.15) is 0 Å². The molecule has 0 radical (unpaired) electrons. The van der Waals surface area contributed by atoms with E-state index in [1.54, 1.807) is 0 Å². The molecule has 0 aromatic carbocycles. The van der Waals surface area contributed by atoms with Crippen LogP contribution < -0.4 is 16.8 Å². The number of amides is 3. The van der Waals surface area contributed by atoms with Gasteiger partial charge in [-0.1, -0.05) is 6.92 Å². The first kappa shape index (κ1) is 14.8. The van der Waals surface area contributed by atoms with E-state index in [2.05, 4.69) is 5.32 Å². The Hall–Kier alpha value is -1.30. The molecule has 2 atom stereocenters. The van der Waals surface area contributed by atoms with E-state index in [0.717, 1.165) is 19.4 Å². The van der Waals surface area contributed by atoms with E-state index in [9.17, 15) is 9.59 Å². The summed E-state index contributed by atoms with van der Waals surface area (Å²) in [6, 6.07) is -0.504. The van der Waals surface area contributed by atoms with Gasteiger partial charge in [-0.05, 0) is 31.2 Å². The van der Waals surface area contributed by atoms with Crippen LogP contribution >= 0.6 is 0 Å². The first-order chi connectivity index (χ1) is 8.52. The summed E-state index contributed by atoms with van der Waals surface area (Å²) < 4.78 is 0. The van der Waals surface area contributed by atoms with E-state index in [1.807, 2.05) is 11.8 Å². The van der Waals surface area contributed by atoms with Crippen LogP contribution in [0.25, 0.3) is 0 Å². The summed E-state index contributed by atoms with van der Waals surface area (Å²) in [6.07, 6.45) is 2.51. The fourth-order valence-corrected chi connectivity index (χ4v) is 2.21. The summed E-state index contributed by atoms with van der Waals surface area (Å²) in [6.45, 7) is 4.57. The minimum atomic E-state index is -0.504. The van der Waals surface area contributed by atoms with E-state index in [-0.39, 0.29) is 11.8 Å². The Bertz CT molecular complexity index is 296. The lowest BCUT2D eigenvalue weighted by molar-refractivity contribution is -0.133. The summed E-state index contributed by atoms with van der Waals surface area (Å²) in [5.74, 6) is 0.696. The molecule has 1 aliphatic heterocycles. The Morgan fingerprint density at radius 2 is 2.22 bits per heavy atom. The summed E-state index contributed by atoms with van der Waals surface area (Å²) >= 11 is 0. The lowest BCUT2D eigenvalue weighted by atomic mass is 9.97. The van der Waals surface area contributed by atoms with Gasteiger partial charge in [0.25, 0.3) is 0 Å². The molecule has 18 heavy (non-hydrogen) atoms. The quantitative estimate of drug-likeness (QED) is 0.639. The molecule has 0 aromatic heterocycles. The third-order valence-electron chi connectivity index (χ3n) is 3.36. The number of primary amides is 1. The van der Waals surface area contributed by atoms with Crippen LogP contribution in [-0.4, -0.2) is 43.0 Å². The van der Waals surface area contributed by atoms with Crippen molar-refractivity contribution in [3.63, 3.8) is 0 Å². The first-order valence-corrected chi connectivity index (χ1v) is 6.54. The van der Waals surface area contributed by atoms with Crippen molar-refractivity contribution < 1.29 is 9.59 Å². The highest BCUT2D eigenvalue weighted by Gasteiger charge is 2.24. The number of hydrogen-bond acceptors (Lipinski definition) is 3. The molecule has 0 spiro atoms. The number of rotatable bonds is 5. The Kier molecular flexibility index (Phi) is 5.91. The van der Waals surface area contributed by atoms with Crippen molar-refractivity contribution in [3.05, 3.63) is 0 Å². The van der Waals surface area contributed by atoms with Crippen LogP contribution in [0.5, 0.6) is 0 Å². The van der Waals surface area contributed by atoms with Gasteiger partial charge in [0.1, 0.15) is 0 Å². The molecule has 0 aliphatic carbocycles. The van der Waals surface area contributed by atoms with Crippen LogP contribution in [0.4, 0.5) is 4.79 Å². The fraction of sp³-hybridized carbons (Fsp3) is 0.833. The zero-order valence-electron chi connectivity index (χ0n) is 11.0. The molecule has 0 saturated carbocycles. The Morgan fingerprint density at radius 3 is 2.83 bits per heavy atom. The highest BCUT2D eigenvalue weighted by atomic mass is 16.2. The zero-order valence-corrected chi connectivity index (χ0v) is 11.0. The number of nitrogens with one attached hydrogen (secondary N) is 1. The van der Waals surface area contributed by atoms with Gasteiger partial charge in [-0.3, -0.25) is 4.79 Å². The van der Waals surface area contributed by atoms with E-state index in [4.69, 9.17) is 11.5 Å². The maximum absolute atomic E-state index is 12.0. The molecular weight excluding hydrogens is 232 g/mol. The predicted molar refractivity (Wildman–Crippen MR) is 69.7 cm³/mol. The standard InChI is InChI=1S/C12H24N4O2/c1-9(6-13)5-11(17)16-4-2-3-10(8-16)7-15-12(14)18/h9-10H,2-8,13H2,1H3,(H3,14,15,18). The third kappa shape index (κ3) is 4.91. The van der Waals surface area contributed by atoms with Crippen LogP contribution in [0.1, 0.15) is 26.2 Å². The van der Waals surface area contributed by atoms with Gasteiger partial charge in [0, 0.05) is 26.1 Å². The van der Waals surface area contributed by atoms with Crippen molar-refractivity contribution in [2.45, 2.75) is 26.2 Å². The van der Waals surface area contributed by atoms with Crippen LogP contribution in [-0.2, 0) is 4.79 Å². The minimum Gasteiger partial charge on any atom is -0.352 e. The normalized spacial score (nSPS) is 21.4. The second-order valence-electron chi connectivity index (χ2n) is 5.14. The topological polar surface area (TPSA) is 101 Å². The molecule has 1 rings (SSSR count). The van der Waals surface area contributed by atoms with E-state index < -0.39 is 6.03 Å². The average Bonchev–Trinajstić information content (AvgIpc) is 2.36. The van der Waals surface area contributed by atoms with Crippen molar-refractivity contribution in [1.29, 1.82) is 0 Å². The van der Waals surface area contributed by atoms with Crippen LogP contribution in [0.2, 0.25) is 0 Å². The highest BCUT2D eigenvalue weighted by Crippen LogP contribution is 2.17. The van der Waals surface area contributed by atoms with E-state index in [0.29, 0.717) is 32.0 Å². The van der Waals surface area contributed by atoms with Crippen molar-refractivity contribution in [3.8, 4) is 0 Å². The molecule has 0 bridgehead atoms. The zero-order chi connectivity index (χ0) is 13.5. The van der Waals surface area contributed by atoms with Crippen molar-refractivity contribution in [1.82, 2.24) is 10.2 Å². The summed E-state index contributed by atoms with van der Waals surface area (Å²) in [7, 11) is 0. The molecule has 5 N–H and O–H groups in total. The molecule has 2 unspecified atom stereocenters. The molecule has 104 valence electrons. The average molecular weight is 256 g/mol. The van der Waals surface area contributed by atoms with E-state index >= 15 is 0 Å². The molecule has 1 saturated heterocycles. The highest BCUT2D eigenvalue weighted by molar-refractivity contribution is 5.76. The molecule has 6 nitrogen and oxygen atoms in total. The van der Waals surface area contributed by atoms with Gasteiger partial charge < -0.3 is 21.7 Å². The second-order valence-corrected chi connectivity index (χ2v) is 5.14. The molecule has 3 amide bonds. The number of carbonyl (C=O) groups excluding carboxylic acids is 2. The van der Waals surface area contributed by atoms with Gasteiger partial charge in [0.15, 0.2) is 0 Å². The van der Waals surface area contributed by atoms with Gasteiger partial charge >= 0.3 is 6.03 Å². The van der Waals surface area contributed by atoms with Crippen molar-refractivity contribution >= 4 is 11.9 Å². The lowest BCUT2D eigenvalue weighted by Gasteiger charge is -2.33. The fourth-order valence-electron chi connectivity index (χ4n) is 2.21. The number of urea groups is 1. The maximum atomic E-state index is 12.0. The molecule has 6 heteroatoms.